The van der Waals surface area contributed by atoms with Crippen molar-refractivity contribution in [3.05, 3.63) is 73.3 Å². The molecule has 1 aliphatic rings. The van der Waals surface area contributed by atoms with Gasteiger partial charge < -0.3 is 9.72 Å². The van der Waals surface area contributed by atoms with Gasteiger partial charge in [-0.05, 0) is 56.3 Å². The van der Waals surface area contributed by atoms with Crippen LogP contribution in [0.3, 0.4) is 0 Å². The van der Waals surface area contributed by atoms with Gasteiger partial charge in [0.1, 0.15) is 17.9 Å². The van der Waals surface area contributed by atoms with Crippen molar-refractivity contribution in [2.75, 3.05) is 26.2 Å². The Bertz CT molecular complexity index is 1720. The predicted molar refractivity (Wildman–Crippen MR) is 147 cm³/mol. The molecule has 1 aliphatic heterocycles. The minimum Gasteiger partial charge on any atom is -0.491 e. The van der Waals surface area contributed by atoms with Crippen LogP contribution in [-0.2, 0) is 0 Å². The lowest BCUT2D eigenvalue weighted by Gasteiger charge is -2.15. The van der Waals surface area contributed by atoms with Gasteiger partial charge >= 0.3 is 0 Å². The van der Waals surface area contributed by atoms with Gasteiger partial charge in [0, 0.05) is 41.8 Å². The Morgan fingerprint density at radius 3 is 2.66 bits per heavy atom. The van der Waals surface area contributed by atoms with Gasteiger partial charge in [0.15, 0.2) is 11.5 Å². The third-order valence-corrected chi connectivity index (χ3v) is 7.00. The number of hydrogen-bond acceptors (Lipinski definition) is 7. The van der Waals surface area contributed by atoms with Crippen LogP contribution in [0, 0.1) is 0 Å². The SMILES string of the molecule is c1cncc(-c2cccc3[nH]c(-c4n[nH]c5ccc(-c6cncc(OCCN7CCCC7)c6)nc45)nc23)c1. The predicted octanol–water partition coefficient (Wildman–Crippen LogP) is 5.10. The van der Waals surface area contributed by atoms with Crippen LogP contribution in [-0.4, -0.2) is 66.3 Å². The summed E-state index contributed by atoms with van der Waals surface area (Å²) in [4.78, 5) is 24.4. The van der Waals surface area contributed by atoms with Crippen molar-refractivity contribution in [3.8, 4) is 39.7 Å². The Hall–Kier alpha value is -4.63. The Morgan fingerprint density at radius 2 is 1.76 bits per heavy atom. The van der Waals surface area contributed by atoms with Gasteiger partial charge in [0.2, 0.25) is 0 Å². The van der Waals surface area contributed by atoms with Crippen LogP contribution in [0.2, 0.25) is 0 Å². The van der Waals surface area contributed by atoms with E-state index < -0.39 is 0 Å². The van der Waals surface area contributed by atoms with Gasteiger partial charge in [-0.25, -0.2) is 9.97 Å². The third kappa shape index (κ3) is 4.26. The van der Waals surface area contributed by atoms with E-state index in [0.29, 0.717) is 18.1 Å². The zero-order chi connectivity index (χ0) is 25.3. The minimum absolute atomic E-state index is 0.649. The van der Waals surface area contributed by atoms with Gasteiger partial charge in [-0.15, -0.1) is 0 Å². The van der Waals surface area contributed by atoms with Crippen LogP contribution < -0.4 is 4.74 Å². The standard InChI is InChI=1S/C29H26N8O/c1-2-12-37(11-1)13-14-38-21-15-20(17-31-18-21)23-8-9-25-27(32-23)28(36-35-25)29-33-24-7-3-6-22(26(24)34-29)19-5-4-10-30-16-19/h3-10,15-18H,1-2,11-14H2,(H,33,34)(H,35,36). The van der Waals surface area contributed by atoms with E-state index >= 15 is 0 Å². The zero-order valence-electron chi connectivity index (χ0n) is 20.8. The van der Waals surface area contributed by atoms with Crippen molar-refractivity contribution in [3.63, 3.8) is 0 Å². The minimum atomic E-state index is 0.649. The fraction of sp³-hybridized carbons (Fsp3) is 0.207. The Kier molecular flexibility index (Phi) is 5.75. The van der Waals surface area contributed by atoms with E-state index in [0.717, 1.165) is 69.8 Å². The summed E-state index contributed by atoms with van der Waals surface area (Å²) in [6.45, 7) is 3.91. The van der Waals surface area contributed by atoms with Crippen LogP contribution >= 0.6 is 0 Å². The van der Waals surface area contributed by atoms with Crippen LogP contribution in [0.4, 0.5) is 0 Å². The van der Waals surface area contributed by atoms with Crippen molar-refractivity contribution < 1.29 is 4.74 Å². The number of hydrogen-bond donors (Lipinski definition) is 2. The van der Waals surface area contributed by atoms with E-state index in [9.17, 15) is 0 Å². The molecule has 0 unspecified atom stereocenters. The fourth-order valence-corrected chi connectivity index (χ4v) is 5.06. The molecule has 7 rings (SSSR count). The zero-order valence-corrected chi connectivity index (χ0v) is 20.8. The number of H-pyrrole nitrogens is 2. The largest absolute Gasteiger partial charge is 0.491 e. The molecule has 1 fully saturated rings. The van der Waals surface area contributed by atoms with E-state index in [1.807, 2.05) is 54.9 Å². The molecule has 6 heterocycles. The molecule has 6 aromatic rings. The molecule has 0 amide bonds. The monoisotopic (exact) mass is 502 g/mol. The number of aromatic nitrogens is 7. The van der Waals surface area contributed by atoms with E-state index in [1.165, 1.54) is 12.8 Å². The number of likely N-dealkylation sites (tertiary alicyclic amines) is 1. The second kappa shape index (κ2) is 9.68. The first-order chi connectivity index (χ1) is 18.8. The number of aromatic amines is 2. The number of nitrogens with one attached hydrogen (secondary N) is 2. The molecule has 0 spiro atoms. The molecule has 9 nitrogen and oxygen atoms in total. The third-order valence-electron chi connectivity index (χ3n) is 7.00. The number of pyridine rings is 3. The first-order valence-electron chi connectivity index (χ1n) is 12.9. The molecule has 5 aromatic heterocycles. The molecular weight excluding hydrogens is 476 g/mol. The van der Waals surface area contributed by atoms with Gasteiger partial charge in [0.25, 0.3) is 0 Å². The van der Waals surface area contributed by atoms with Gasteiger partial charge in [0.05, 0.1) is 28.4 Å². The average Bonchev–Trinajstić information content (AvgIpc) is 3.73. The quantitative estimate of drug-likeness (QED) is 0.313. The van der Waals surface area contributed by atoms with Crippen LogP contribution in [0.5, 0.6) is 5.75 Å². The Labute approximate surface area is 219 Å². The number of fused-ring (bicyclic) bond motifs is 2. The van der Waals surface area contributed by atoms with E-state index in [2.05, 4.69) is 36.1 Å². The van der Waals surface area contributed by atoms with Crippen LogP contribution in [0.1, 0.15) is 12.8 Å². The second-order valence-electron chi connectivity index (χ2n) is 9.50. The normalized spacial score (nSPS) is 14.0. The maximum atomic E-state index is 6.01. The van der Waals surface area contributed by atoms with Gasteiger partial charge in [-0.3, -0.25) is 20.0 Å². The Balaban J connectivity index is 1.20. The number of nitrogens with zero attached hydrogens (tertiary/aromatic N) is 6. The molecule has 0 bridgehead atoms. The molecule has 0 atom stereocenters. The highest BCUT2D eigenvalue weighted by Crippen LogP contribution is 2.32. The van der Waals surface area contributed by atoms with E-state index in [-0.39, 0.29) is 0 Å². The average molecular weight is 503 g/mol. The van der Waals surface area contributed by atoms with Crippen molar-refractivity contribution in [1.29, 1.82) is 0 Å². The van der Waals surface area contributed by atoms with Gasteiger partial charge in [-0.1, -0.05) is 18.2 Å². The molecule has 188 valence electrons. The lowest BCUT2D eigenvalue weighted by atomic mass is 10.1. The molecule has 38 heavy (non-hydrogen) atoms. The molecule has 1 aromatic carbocycles. The number of para-hydroxylation sites is 1. The summed E-state index contributed by atoms with van der Waals surface area (Å²) in [7, 11) is 0. The fourth-order valence-electron chi connectivity index (χ4n) is 5.06. The smallest absolute Gasteiger partial charge is 0.161 e. The van der Waals surface area contributed by atoms with E-state index in [4.69, 9.17) is 14.7 Å². The number of benzene rings is 1. The van der Waals surface area contributed by atoms with Crippen molar-refractivity contribution in [1.82, 2.24) is 40.0 Å². The molecule has 0 saturated carbocycles. The lowest BCUT2D eigenvalue weighted by Crippen LogP contribution is -2.25. The van der Waals surface area contributed by atoms with E-state index in [1.54, 1.807) is 12.4 Å². The summed E-state index contributed by atoms with van der Waals surface area (Å²) in [5, 5.41) is 7.65. The number of ether oxygens (including phenoxy) is 1. The number of rotatable bonds is 7. The first kappa shape index (κ1) is 22.6. The molecule has 2 N–H and O–H groups in total. The second-order valence-corrected chi connectivity index (χ2v) is 9.50. The summed E-state index contributed by atoms with van der Waals surface area (Å²) in [5.41, 5.74) is 7.75. The summed E-state index contributed by atoms with van der Waals surface area (Å²) in [5.74, 6) is 1.40. The topological polar surface area (TPSA) is 108 Å². The molecule has 0 radical (unpaired) electrons. The highest BCUT2D eigenvalue weighted by Gasteiger charge is 2.17. The summed E-state index contributed by atoms with van der Waals surface area (Å²) < 4.78 is 6.01. The highest BCUT2D eigenvalue weighted by molar-refractivity contribution is 5.96. The van der Waals surface area contributed by atoms with Crippen molar-refractivity contribution >= 4 is 22.1 Å². The van der Waals surface area contributed by atoms with Gasteiger partial charge in [-0.2, -0.15) is 5.10 Å². The summed E-state index contributed by atoms with van der Waals surface area (Å²) in [6, 6.07) is 16.0. The van der Waals surface area contributed by atoms with Crippen molar-refractivity contribution in [2.24, 2.45) is 0 Å². The lowest BCUT2D eigenvalue weighted by molar-refractivity contribution is 0.237. The van der Waals surface area contributed by atoms with Crippen molar-refractivity contribution in [2.45, 2.75) is 12.8 Å². The highest BCUT2D eigenvalue weighted by atomic mass is 16.5. The Morgan fingerprint density at radius 1 is 0.842 bits per heavy atom. The molecule has 1 saturated heterocycles. The summed E-state index contributed by atoms with van der Waals surface area (Å²) >= 11 is 0. The first-order valence-corrected chi connectivity index (χ1v) is 12.9. The number of imidazole rings is 1. The molecular formula is C29H26N8O. The maximum Gasteiger partial charge on any atom is 0.161 e. The van der Waals surface area contributed by atoms with Crippen LogP contribution in [0.15, 0.2) is 73.3 Å². The summed E-state index contributed by atoms with van der Waals surface area (Å²) in [6.07, 6.45) is 9.73. The van der Waals surface area contributed by atoms with Crippen LogP contribution in [0.25, 0.3) is 56.0 Å². The molecule has 9 heteroatoms. The molecule has 0 aliphatic carbocycles. The maximum absolute atomic E-state index is 6.01.